The normalized spacial score (nSPS) is 27.9. The lowest BCUT2D eigenvalue weighted by Crippen LogP contribution is -2.25. The van der Waals surface area contributed by atoms with E-state index >= 15 is 0 Å². The van der Waals surface area contributed by atoms with E-state index in [0.29, 0.717) is 5.92 Å². The van der Waals surface area contributed by atoms with Gasteiger partial charge in [-0.2, -0.15) is 0 Å². The lowest BCUT2D eigenvalue weighted by molar-refractivity contribution is 0.0704. The van der Waals surface area contributed by atoms with Gasteiger partial charge in [0.2, 0.25) is 0 Å². The van der Waals surface area contributed by atoms with Crippen molar-refractivity contribution in [3.63, 3.8) is 0 Å². The standard InChI is InChI=1S/C11H15BrOS/c12-9-5-6-14-11(9)7-8-3-1-2-4-10(8)13/h5-6,8,10,13H,1-4,7H2. The predicted octanol–water partition coefficient (Wildman–Crippen LogP) is 3.60. The molecule has 1 saturated carbocycles. The predicted molar refractivity (Wildman–Crippen MR) is 63.7 cm³/mol. The summed E-state index contributed by atoms with van der Waals surface area (Å²) in [5, 5.41) is 12.0. The molecule has 1 aromatic rings. The van der Waals surface area contributed by atoms with Crippen LogP contribution in [0.1, 0.15) is 30.6 Å². The molecule has 2 atom stereocenters. The first-order valence-corrected chi connectivity index (χ1v) is 6.84. The van der Waals surface area contributed by atoms with Crippen LogP contribution in [0.4, 0.5) is 0 Å². The molecule has 1 N–H and O–H groups in total. The van der Waals surface area contributed by atoms with Crippen LogP contribution in [-0.2, 0) is 6.42 Å². The number of thiophene rings is 1. The first kappa shape index (κ1) is 10.7. The van der Waals surface area contributed by atoms with Crippen molar-refractivity contribution in [2.75, 3.05) is 0 Å². The van der Waals surface area contributed by atoms with Crippen LogP contribution in [0.15, 0.2) is 15.9 Å². The van der Waals surface area contributed by atoms with E-state index in [1.54, 1.807) is 11.3 Å². The van der Waals surface area contributed by atoms with Crippen molar-refractivity contribution in [1.29, 1.82) is 0 Å². The number of rotatable bonds is 2. The Morgan fingerprint density at radius 1 is 1.43 bits per heavy atom. The zero-order valence-electron chi connectivity index (χ0n) is 8.08. The fourth-order valence-corrected chi connectivity index (χ4v) is 3.74. The summed E-state index contributed by atoms with van der Waals surface area (Å²) in [7, 11) is 0. The van der Waals surface area contributed by atoms with Gasteiger partial charge in [0.05, 0.1) is 6.10 Å². The van der Waals surface area contributed by atoms with Crippen molar-refractivity contribution >= 4 is 27.3 Å². The maximum Gasteiger partial charge on any atom is 0.0571 e. The molecule has 0 spiro atoms. The van der Waals surface area contributed by atoms with Crippen molar-refractivity contribution in [2.45, 2.75) is 38.2 Å². The van der Waals surface area contributed by atoms with Gasteiger partial charge in [0.25, 0.3) is 0 Å². The SMILES string of the molecule is OC1CCCCC1Cc1sccc1Br. The Morgan fingerprint density at radius 2 is 2.21 bits per heavy atom. The fourth-order valence-electron chi connectivity index (χ4n) is 2.14. The van der Waals surface area contributed by atoms with E-state index in [4.69, 9.17) is 0 Å². The monoisotopic (exact) mass is 274 g/mol. The van der Waals surface area contributed by atoms with Gasteiger partial charge in [-0.3, -0.25) is 0 Å². The Bertz CT molecular complexity index is 297. The van der Waals surface area contributed by atoms with E-state index in [2.05, 4.69) is 27.4 Å². The van der Waals surface area contributed by atoms with E-state index in [1.165, 1.54) is 28.6 Å². The van der Waals surface area contributed by atoms with Gasteiger partial charge in [-0.05, 0) is 52.6 Å². The summed E-state index contributed by atoms with van der Waals surface area (Å²) in [5.74, 6) is 0.485. The largest absolute Gasteiger partial charge is 0.393 e. The van der Waals surface area contributed by atoms with Crippen molar-refractivity contribution in [3.05, 3.63) is 20.8 Å². The molecule has 1 fully saturated rings. The Kier molecular flexibility index (Phi) is 3.63. The van der Waals surface area contributed by atoms with E-state index in [-0.39, 0.29) is 6.10 Å². The summed E-state index contributed by atoms with van der Waals surface area (Å²) < 4.78 is 1.21. The van der Waals surface area contributed by atoms with Crippen LogP contribution in [0.25, 0.3) is 0 Å². The van der Waals surface area contributed by atoms with Gasteiger partial charge in [0, 0.05) is 9.35 Å². The van der Waals surface area contributed by atoms with Crippen LogP contribution < -0.4 is 0 Å². The quantitative estimate of drug-likeness (QED) is 0.874. The maximum atomic E-state index is 9.85. The van der Waals surface area contributed by atoms with Gasteiger partial charge in [-0.25, -0.2) is 0 Å². The second-order valence-electron chi connectivity index (χ2n) is 4.01. The van der Waals surface area contributed by atoms with E-state index < -0.39 is 0 Å². The van der Waals surface area contributed by atoms with Crippen LogP contribution in [0.5, 0.6) is 0 Å². The third-order valence-corrected chi connectivity index (χ3v) is 4.96. The summed E-state index contributed by atoms with van der Waals surface area (Å²) >= 11 is 5.33. The summed E-state index contributed by atoms with van der Waals surface area (Å²) in [6.07, 6.45) is 5.63. The number of aliphatic hydroxyl groups excluding tert-OH is 1. The molecule has 0 saturated heterocycles. The molecule has 1 nitrogen and oxygen atoms in total. The average molecular weight is 275 g/mol. The fraction of sp³-hybridized carbons (Fsp3) is 0.636. The maximum absolute atomic E-state index is 9.85. The van der Waals surface area contributed by atoms with Crippen LogP contribution in [0, 0.1) is 5.92 Å². The van der Waals surface area contributed by atoms with Crippen molar-refractivity contribution in [1.82, 2.24) is 0 Å². The van der Waals surface area contributed by atoms with Gasteiger partial charge < -0.3 is 5.11 Å². The molecule has 1 aromatic heterocycles. The van der Waals surface area contributed by atoms with Gasteiger partial charge in [-0.1, -0.05) is 12.8 Å². The van der Waals surface area contributed by atoms with Gasteiger partial charge in [0.1, 0.15) is 0 Å². The second kappa shape index (κ2) is 4.77. The van der Waals surface area contributed by atoms with Crippen LogP contribution in [0.2, 0.25) is 0 Å². The Morgan fingerprint density at radius 3 is 2.86 bits per heavy atom. The van der Waals surface area contributed by atoms with Crippen LogP contribution in [0.3, 0.4) is 0 Å². The third-order valence-electron chi connectivity index (χ3n) is 3.01. The third kappa shape index (κ3) is 2.38. The average Bonchev–Trinajstić information content (AvgIpc) is 2.56. The highest BCUT2D eigenvalue weighted by molar-refractivity contribution is 9.10. The van der Waals surface area contributed by atoms with Gasteiger partial charge >= 0.3 is 0 Å². The summed E-state index contributed by atoms with van der Waals surface area (Å²) in [6, 6.07) is 2.09. The van der Waals surface area contributed by atoms with E-state index in [0.717, 1.165) is 12.8 Å². The number of hydrogen-bond donors (Lipinski definition) is 1. The molecule has 1 aliphatic rings. The van der Waals surface area contributed by atoms with Crippen LogP contribution >= 0.6 is 27.3 Å². The van der Waals surface area contributed by atoms with Crippen molar-refractivity contribution in [2.24, 2.45) is 5.92 Å². The zero-order chi connectivity index (χ0) is 9.97. The Hall–Kier alpha value is 0.140. The molecular formula is C11H15BrOS. The molecular weight excluding hydrogens is 260 g/mol. The molecule has 2 rings (SSSR count). The molecule has 2 unspecified atom stereocenters. The van der Waals surface area contributed by atoms with E-state index in [1.807, 2.05) is 0 Å². The minimum absolute atomic E-state index is 0.0715. The number of halogens is 1. The molecule has 1 aliphatic carbocycles. The second-order valence-corrected chi connectivity index (χ2v) is 5.86. The Labute approximate surface area is 97.3 Å². The summed E-state index contributed by atoms with van der Waals surface area (Å²) in [4.78, 5) is 1.39. The molecule has 14 heavy (non-hydrogen) atoms. The van der Waals surface area contributed by atoms with E-state index in [9.17, 15) is 5.11 Å². The van der Waals surface area contributed by atoms with Crippen molar-refractivity contribution in [3.8, 4) is 0 Å². The molecule has 0 amide bonds. The lowest BCUT2D eigenvalue weighted by Gasteiger charge is -2.27. The highest BCUT2D eigenvalue weighted by Gasteiger charge is 2.23. The Balaban J connectivity index is 1.99. The minimum Gasteiger partial charge on any atom is -0.393 e. The molecule has 78 valence electrons. The molecule has 0 radical (unpaired) electrons. The first-order valence-electron chi connectivity index (χ1n) is 5.17. The number of aliphatic hydroxyl groups is 1. The molecule has 1 heterocycles. The topological polar surface area (TPSA) is 20.2 Å². The molecule has 3 heteroatoms. The van der Waals surface area contributed by atoms with Gasteiger partial charge in [-0.15, -0.1) is 11.3 Å². The van der Waals surface area contributed by atoms with Crippen molar-refractivity contribution < 1.29 is 5.11 Å². The lowest BCUT2D eigenvalue weighted by atomic mass is 9.84. The zero-order valence-corrected chi connectivity index (χ0v) is 10.5. The van der Waals surface area contributed by atoms with Gasteiger partial charge in [0.15, 0.2) is 0 Å². The molecule has 0 bridgehead atoms. The smallest absolute Gasteiger partial charge is 0.0571 e. The summed E-state index contributed by atoms with van der Waals surface area (Å²) in [6.45, 7) is 0. The summed E-state index contributed by atoms with van der Waals surface area (Å²) in [5.41, 5.74) is 0. The molecule has 0 aromatic carbocycles. The highest BCUT2D eigenvalue weighted by atomic mass is 79.9. The highest BCUT2D eigenvalue weighted by Crippen LogP contribution is 2.32. The first-order chi connectivity index (χ1) is 6.77. The molecule has 0 aliphatic heterocycles. The number of hydrogen-bond acceptors (Lipinski definition) is 2. The van der Waals surface area contributed by atoms with Crippen LogP contribution in [-0.4, -0.2) is 11.2 Å². The minimum atomic E-state index is -0.0715.